The average molecular weight is 463 g/mol. The van der Waals surface area contributed by atoms with Crippen LogP contribution in [-0.4, -0.2) is 58.4 Å². The molecule has 34 heavy (non-hydrogen) atoms. The molecule has 2 amide bonds. The Balaban J connectivity index is 1.46. The molecule has 3 N–H and O–H groups in total. The molecule has 0 unspecified atom stereocenters. The number of amides is 2. The van der Waals surface area contributed by atoms with Crippen LogP contribution in [0.2, 0.25) is 0 Å². The van der Waals surface area contributed by atoms with E-state index in [9.17, 15) is 9.59 Å². The van der Waals surface area contributed by atoms with Crippen LogP contribution in [0.1, 0.15) is 35.9 Å². The van der Waals surface area contributed by atoms with E-state index in [4.69, 9.17) is 9.84 Å². The number of carbonyl (C=O) groups excluding carboxylic acids is 1. The summed E-state index contributed by atoms with van der Waals surface area (Å²) in [6.07, 6.45) is 0. The summed E-state index contributed by atoms with van der Waals surface area (Å²) in [7, 11) is 0. The molecule has 1 fully saturated rings. The number of urea groups is 1. The summed E-state index contributed by atoms with van der Waals surface area (Å²) in [5.41, 5.74) is 2.04. The van der Waals surface area contributed by atoms with Gasteiger partial charge in [-0.25, -0.2) is 14.6 Å². The van der Waals surface area contributed by atoms with Gasteiger partial charge in [-0.15, -0.1) is 0 Å². The van der Waals surface area contributed by atoms with Crippen molar-refractivity contribution in [2.24, 2.45) is 0 Å². The molecule has 10 nitrogen and oxygen atoms in total. The van der Waals surface area contributed by atoms with Crippen molar-refractivity contribution in [2.75, 3.05) is 41.8 Å². The first kappa shape index (κ1) is 23.1. The predicted octanol–water partition coefficient (Wildman–Crippen LogP) is 3.84. The van der Waals surface area contributed by atoms with Crippen LogP contribution in [0.5, 0.6) is 0 Å². The van der Waals surface area contributed by atoms with E-state index >= 15 is 0 Å². The molecule has 2 heterocycles. The Bertz CT molecular complexity index is 1160. The maximum atomic E-state index is 12.3. The summed E-state index contributed by atoms with van der Waals surface area (Å²) >= 11 is 0. The third-order valence-corrected chi connectivity index (χ3v) is 5.24. The Morgan fingerprint density at radius 1 is 0.912 bits per heavy atom. The molecule has 1 aliphatic rings. The Kier molecular flexibility index (Phi) is 6.98. The normalized spacial score (nSPS) is 13.6. The third-order valence-electron chi connectivity index (χ3n) is 5.24. The second kappa shape index (κ2) is 10.3. The van der Waals surface area contributed by atoms with Crippen molar-refractivity contribution in [3.63, 3.8) is 0 Å². The number of nitrogens with one attached hydrogen (secondary N) is 2. The van der Waals surface area contributed by atoms with Gasteiger partial charge in [0, 0.05) is 35.9 Å². The summed E-state index contributed by atoms with van der Waals surface area (Å²) in [6, 6.07) is 12.7. The van der Waals surface area contributed by atoms with Crippen LogP contribution in [-0.2, 0) is 4.74 Å². The SMILES string of the molecule is CC(C)c1nc(-c2ccc(NC(=O)Nc3ccc(C(=O)O)cc3)cc2)nc(N2CCOCC2)n1. The zero-order chi connectivity index (χ0) is 24.1. The van der Waals surface area contributed by atoms with E-state index in [2.05, 4.69) is 30.5 Å². The van der Waals surface area contributed by atoms with Gasteiger partial charge < -0.3 is 25.4 Å². The van der Waals surface area contributed by atoms with Crippen molar-refractivity contribution in [3.05, 3.63) is 59.9 Å². The summed E-state index contributed by atoms with van der Waals surface area (Å²) < 4.78 is 5.43. The average Bonchev–Trinajstić information content (AvgIpc) is 2.85. The number of aromatic carboxylic acids is 1. The van der Waals surface area contributed by atoms with E-state index in [1.165, 1.54) is 24.3 Å². The number of ether oxygens (including phenoxy) is 1. The topological polar surface area (TPSA) is 130 Å². The van der Waals surface area contributed by atoms with Crippen LogP contribution in [0.15, 0.2) is 48.5 Å². The molecule has 4 rings (SSSR count). The molecule has 10 heteroatoms. The maximum Gasteiger partial charge on any atom is 0.335 e. The van der Waals surface area contributed by atoms with Crippen molar-refractivity contribution >= 4 is 29.3 Å². The first-order chi connectivity index (χ1) is 16.4. The second-order valence-corrected chi connectivity index (χ2v) is 8.11. The lowest BCUT2D eigenvalue weighted by molar-refractivity contribution is 0.0697. The van der Waals surface area contributed by atoms with Gasteiger partial charge in [-0.3, -0.25) is 0 Å². The van der Waals surface area contributed by atoms with E-state index in [-0.39, 0.29) is 11.5 Å². The van der Waals surface area contributed by atoms with Gasteiger partial charge in [0.15, 0.2) is 5.82 Å². The smallest absolute Gasteiger partial charge is 0.335 e. The zero-order valence-electron chi connectivity index (χ0n) is 19.0. The molecule has 3 aromatic rings. The number of anilines is 3. The number of carboxylic acid groups (broad SMARTS) is 1. The highest BCUT2D eigenvalue weighted by atomic mass is 16.5. The number of rotatable bonds is 6. The summed E-state index contributed by atoms with van der Waals surface area (Å²) in [5.74, 6) is 1.08. The number of aromatic nitrogens is 3. The van der Waals surface area contributed by atoms with Crippen molar-refractivity contribution < 1.29 is 19.4 Å². The van der Waals surface area contributed by atoms with Gasteiger partial charge in [0.1, 0.15) is 5.82 Å². The number of hydrogen-bond donors (Lipinski definition) is 3. The second-order valence-electron chi connectivity index (χ2n) is 8.11. The first-order valence-corrected chi connectivity index (χ1v) is 11.0. The lowest BCUT2D eigenvalue weighted by Gasteiger charge is -2.27. The van der Waals surface area contributed by atoms with Crippen molar-refractivity contribution in [2.45, 2.75) is 19.8 Å². The molecule has 176 valence electrons. The van der Waals surface area contributed by atoms with E-state index in [0.717, 1.165) is 24.5 Å². The molecule has 1 aromatic heterocycles. The molecule has 0 spiro atoms. The zero-order valence-corrected chi connectivity index (χ0v) is 19.0. The van der Waals surface area contributed by atoms with Crippen LogP contribution in [0, 0.1) is 0 Å². The van der Waals surface area contributed by atoms with Gasteiger partial charge >= 0.3 is 12.0 Å². The summed E-state index contributed by atoms with van der Waals surface area (Å²) in [4.78, 5) is 39.3. The number of benzene rings is 2. The summed E-state index contributed by atoms with van der Waals surface area (Å²) in [5, 5.41) is 14.4. The van der Waals surface area contributed by atoms with Crippen molar-refractivity contribution in [1.29, 1.82) is 0 Å². The van der Waals surface area contributed by atoms with Gasteiger partial charge in [0.25, 0.3) is 0 Å². The molecule has 2 aromatic carbocycles. The van der Waals surface area contributed by atoms with Gasteiger partial charge in [-0.05, 0) is 48.5 Å². The minimum atomic E-state index is -1.02. The molecule has 1 aliphatic heterocycles. The number of morpholine rings is 1. The fraction of sp³-hybridized carbons (Fsp3) is 0.292. The van der Waals surface area contributed by atoms with Gasteiger partial charge in [0.05, 0.1) is 18.8 Å². The van der Waals surface area contributed by atoms with Crippen LogP contribution >= 0.6 is 0 Å². The highest BCUT2D eigenvalue weighted by Crippen LogP contribution is 2.23. The Hall–Kier alpha value is -4.05. The summed E-state index contributed by atoms with van der Waals surface area (Å²) in [6.45, 7) is 6.84. The molecule has 1 saturated heterocycles. The fourth-order valence-corrected chi connectivity index (χ4v) is 3.36. The van der Waals surface area contributed by atoms with Gasteiger partial charge in [-0.1, -0.05) is 13.8 Å². The largest absolute Gasteiger partial charge is 0.478 e. The highest BCUT2D eigenvalue weighted by Gasteiger charge is 2.18. The van der Waals surface area contributed by atoms with Gasteiger partial charge in [0.2, 0.25) is 5.95 Å². The van der Waals surface area contributed by atoms with E-state index in [0.29, 0.717) is 36.4 Å². The molecule has 0 atom stereocenters. The quantitative estimate of drug-likeness (QED) is 0.504. The van der Waals surface area contributed by atoms with Crippen LogP contribution in [0.4, 0.5) is 22.1 Å². The third kappa shape index (κ3) is 5.65. The number of nitrogens with zero attached hydrogens (tertiary/aromatic N) is 4. The van der Waals surface area contributed by atoms with E-state index < -0.39 is 12.0 Å². The Labute approximate surface area is 197 Å². The Morgan fingerprint density at radius 2 is 1.50 bits per heavy atom. The number of hydrogen-bond acceptors (Lipinski definition) is 7. The van der Waals surface area contributed by atoms with Crippen LogP contribution in [0.25, 0.3) is 11.4 Å². The first-order valence-electron chi connectivity index (χ1n) is 11.0. The van der Waals surface area contributed by atoms with Crippen LogP contribution in [0.3, 0.4) is 0 Å². The lowest BCUT2D eigenvalue weighted by Crippen LogP contribution is -2.37. The maximum absolute atomic E-state index is 12.3. The molecular weight excluding hydrogens is 436 g/mol. The Morgan fingerprint density at radius 3 is 2.06 bits per heavy atom. The lowest BCUT2D eigenvalue weighted by atomic mass is 10.1. The molecule has 0 bridgehead atoms. The fourth-order valence-electron chi connectivity index (χ4n) is 3.36. The van der Waals surface area contributed by atoms with E-state index in [1.54, 1.807) is 12.1 Å². The minimum Gasteiger partial charge on any atom is -0.478 e. The highest BCUT2D eigenvalue weighted by molar-refractivity contribution is 6.00. The molecule has 0 saturated carbocycles. The molecule has 0 aliphatic carbocycles. The standard InChI is InChI=1S/C24H26N6O4/c1-15(2)20-27-21(29-23(28-20)30-11-13-34-14-12-30)16-3-7-18(8-4-16)25-24(33)26-19-9-5-17(6-10-19)22(31)32/h3-10,15H,11-14H2,1-2H3,(H,31,32)(H2,25,26,33). The minimum absolute atomic E-state index is 0.149. The van der Waals surface area contributed by atoms with Crippen molar-refractivity contribution in [3.8, 4) is 11.4 Å². The number of carbonyl (C=O) groups is 2. The monoisotopic (exact) mass is 462 g/mol. The van der Waals surface area contributed by atoms with E-state index in [1.807, 2.05) is 26.0 Å². The predicted molar refractivity (Wildman–Crippen MR) is 128 cm³/mol. The molecule has 0 radical (unpaired) electrons. The van der Waals surface area contributed by atoms with Crippen molar-refractivity contribution in [1.82, 2.24) is 15.0 Å². The molecular formula is C24H26N6O4. The van der Waals surface area contributed by atoms with Gasteiger partial charge in [-0.2, -0.15) is 9.97 Å². The van der Waals surface area contributed by atoms with Crippen LogP contribution < -0.4 is 15.5 Å². The number of carboxylic acids is 1.